The van der Waals surface area contributed by atoms with E-state index in [0.717, 1.165) is 23.2 Å². The minimum Gasteiger partial charge on any atom is -0.381 e. The zero-order valence-corrected chi connectivity index (χ0v) is 15.4. The highest BCUT2D eigenvalue weighted by atomic mass is 16.1. The van der Waals surface area contributed by atoms with Crippen molar-refractivity contribution in [3.63, 3.8) is 0 Å². The van der Waals surface area contributed by atoms with Gasteiger partial charge in [-0.25, -0.2) is 0 Å². The summed E-state index contributed by atoms with van der Waals surface area (Å²) in [6, 6.07) is 15.7. The van der Waals surface area contributed by atoms with E-state index in [0.29, 0.717) is 18.8 Å². The number of rotatable bonds is 7. The molecule has 1 aromatic carbocycles. The van der Waals surface area contributed by atoms with Crippen molar-refractivity contribution in [3.05, 3.63) is 90.1 Å². The molecule has 4 aromatic rings. The molecule has 4 rings (SSSR count). The van der Waals surface area contributed by atoms with E-state index in [9.17, 15) is 4.79 Å². The maximum atomic E-state index is 12.4. The Morgan fingerprint density at radius 1 is 1.04 bits per heavy atom. The lowest BCUT2D eigenvalue weighted by Gasteiger charge is -2.08. The van der Waals surface area contributed by atoms with Crippen molar-refractivity contribution in [1.29, 1.82) is 0 Å². The Morgan fingerprint density at radius 2 is 1.89 bits per heavy atom. The average molecular weight is 371 g/mol. The van der Waals surface area contributed by atoms with Gasteiger partial charge in [0, 0.05) is 54.5 Å². The summed E-state index contributed by atoms with van der Waals surface area (Å²) in [6.07, 6.45) is 7.92. The fourth-order valence-corrected chi connectivity index (χ4v) is 3.11. The number of nitrogens with one attached hydrogen (secondary N) is 3. The lowest BCUT2D eigenvalue weighted by Crippen LogP contribution is -2.26. The molecule has 0 aliphatic rings. The topological polar surface area (TPSA) is 82.7 Å². The van der Waals surface area contributed by atoms with Crippen LogP contribution in [0.5, 0.6) is 0 Å². The molecular formula is C22H21N5O. The van der Waals surface area contributed by atoms with E-state index < -0.39 is 0 Å². The van der Waals surface area contributed by atoms with E-state index >= 15 is 0 Å². The summed E-state index contributed by atoms with van der Waals surface area (Å²) in [6.45, 7) is 1.21. The molecule has 1 amide bonds. The summed E-state index contributed by atoms with van der Waals surface area (Å²) < 4.78 is 0. The minimum atomic E-state index is -0.174. The van der Waals surface area contributed by atoms with Gasteiger partial charge < -0.3 is 15.6 Å². The van der Waals surface area contributed by atoms with Crippen LogP contribution in [-0.4, -0.2) is 27.4 Å². The van der Waals surface area contributed by atoms with Gasteiger partial charge in [0.25, 0.3) is 5.91 Å². The maximum Gasteiger partial charge on any atom is 0.269 e. The number of benzene rings is 1. The fourth-order valence-electron chi connectivity index (χ4n) is 3.11. The highest BCUT2D eigenvalue weighted by molar-refractivity contribution is 5.93. The number of carbonyl (C=O) groups is 1. The van der Waals surface area contributed by atoms with Crippen LogP contribution in [0.25, 0.3) is 10.9 Å². The lowest BCUT2D eigenvalue weighted by atomic mass is 10.1. The summed E-state index contributed by atoms with van der Waals surface area (Å²) in [7, 11) is 0. The van der Waals surface area contributed by atoms with Crippen LogP contribution in [0.15, 0.2) is 73.3 Å². The van der Waals surface area contributed by atoms with Gasteiger partial charge in [0.2, 0.25) is 0 Å². The number of carbonyl (C=O) groups excluding carboxylic acids is 1. The van der Waals surface area contributed by atoms with Crippen LogP contribution >= 0.6 is 0 Å². The molecule has 0 bridgehead atoms. The van der Waals surface area contributed by atoms with Crippen LogP contribution in [0.1, 0.15) is 21.6 Å². The number of H-pyrrole nitrogens is 1. The molecule has 0 aliphatic heterocycles. The molecule has 0 fully saturated rings. The number of aromatic amines is 1. The second kappa shape index (κ2) is 8.35. The number of fused-ring (bicyclic) bond motifs is 1. The number of hydrogen-bond acceptors (Lipinski definition) is 4. The first-order valence-corrected chi connectivity index (χ1v) is 9.21. The Balaban J connectivity index is 1.33. The molecule has 6 nitrogen and oxygen atoms in total. The largest absolute Gasteiger partial charge is 0.381 e. The smallest absolute Gasteiger partial charge is 0.269 e. The van der Waals surface area contributed by atoms with E-state index in [-0.39, 0.29) is 5.91 Å². The van der Waals surface area contributed by atoms with Crippen molar-refractivity contribution in [2.75, 3.05) is 11.9 Å². The van der Waals surface area contributed by atoms with Crippen molar-refractivity contribution in [3.8, 4) is 0 Å². The number of pyridine rings is 2. The molecule has 140 valence electrons. The zero-order chi connectivity index (χ0) is 19.2. The second-order valence-corrected chi connectivity index (χ2v) is 6.50. The van der Waals surface area contributed by atoms with E-state index in [2.05, 4.69) is 31.7 Å². The molecule has 3 heterocycles. The molecule has 28 heavy (non-hydrogen) atoms. The van der Waals surface area contributed by atoms with Gasteiger partial charge in [-0.1, -0.05) is 18.2 Å². The van der Waals surface area contributed by atoms with Crippen molar-refractivity contribution >= 4 is 22.5 Å². The number of nitrogens with zero attached hydrogens (tertiary/aromatic N) is 2. The molecule has 0 saturated heterocycles. The van der Waals surface area contributed by atoms with Gasteiger partial charge in [-0.2, -0.15) is 0 Å². The van der Waals surface area contributed by atoms with Crippen molar-refractivity contribution in [1.82, 2.24) is 20.3 Å². The van der Waals surface area contributed by atoms with Crippen molar-refractivity contribution in [2.45, 2.75) is 13.0 Å². The average Bonchev–Trinajstić information content (AvgIpc) is 3.16. The first-order chi connectivity index (χ1) is 13.8. The second-order valence-electron chi connectivity index (χ2n) is 6.50. The minimum absolute atomic E-state index is 0.174. The van der Waals surface area contributed by atoms with Crippen LogP contribution in [0.2, 0.25) is 0 Å². The monoisotopic (exact) mass is 371 g/mol. The van der Waals surface area contributed by atoms with Crippen LogP contribution in [-0.2, 0) is 13.0 Å². The number of anilines is 1. The highest BCUT2D eigenvalue weighted by Crippen LogP contribution is 2.17. The quantitative estimate of drug-likeness (QED) is 0.464. The normalized spacial score (nSPS) is 10.7. The predicted octanol–water partition coefficient (Wildman–Crippen LogP) is 3.54. The van der Waals surface area contributed by atoms with Gasteiger partial charge in [-0.3, -0.25) is 14.8 Å². The third-order valence-corrected chi connectivity index (χ3v) is 4.59. The molecule has 0 spiro atoms. The molecule has 0 aliphatic carbocycles. The highest BCUT2D eigenvalue weighted by Gasteiger charge is 2.09. The maximum absolute atomic E-state index is 12.4. The van der Waals surface area contributed by atoms with Gasteiger partial charge in [-0.05, 0) is 47.9 Å². The van der Waals surface area contributed by atoms with E-state index in [4.69, 9.17) is 0 Å². The predicted molar refractivity (Wildman–Crippen MR) is 110 cm³/mol. The van der Waals surface area contributed by atoms with E-state index in [1.165, 1.54) is 10.9 Å². The third-order valence-electron chi connectivity index (χ3n) is 4.59. The zero-order valence-electron chi connectivity index (χ0n) is 15.4. The standard InChI is InChI=1S/C22H21N5O/c28-22(25-11-7-17-15-27-20-4-2-1-3-19(17)20)21-13-18(8-12-24-21)26-14-16-5-9-23-10-6-16/h1-6,8-10,12-13,15,27H,7,11,14H2,(H,24,26)(H,25,28). The third kappa shape index (κ3) is 4.17. The first kappa shape index (κ1) is 17.7. The molecule has 6 heteroatoms. The summed E-state index contributed by atoms with van der Waals surface area (Å²) in [5, 5.41) is 7.45. The van der Waals surface area contributed by atoms with Crippen LogP contribution in [0.4, 0.5) is 5.69 Å². The van der Waals surface area contributed by atoms with E-state index in [1.54, 1.807) is 24.7 Å². The lowest BCUT2D eigenvalue weighted by molar-refractivity contribution is 0.0949. The Kier molecular flexibility index (Phi) is 5.29. The molecular weight excluding hydrogens is 350 g/mol. The Labute approximate surface area is 163 Å². The molecule has 3 N–H and O–H groups in total. The van der Waals surface area contributed by atoms with Gasteiger partial charge in [-0.15, -0.1) is 0 Å². The number of aromatic nitrogens is 3. The molecule has 3 aromatic heterocycles. The van der Waals surface area contributed by atoms with Crippen LogP contribution in [0.3, 0.4) is 0 Å². The van der Waals surface area contributed by atoms with Crippen molar-refractivity contribution in [2.24, 2.45) is 0 Å². The van der Waals surface area contributed by atoms with Gasteiger partial charge in [0.1, 0.15) is 5.69 Å². The molecule has 0 radical (unpaired) electrons. The molecule has 0 unspecified atom stereocenters. The van der Waals surface area contributed by atoms with Gasteiger partial charge in [0.05, 0.1) is 0 Å². The van der Waals surface area contributed by atoms with Gasteiger partial charge >= 0.3 is 0 Å². The SMILES string of the molecule is O=C(NCCc1c[nH]c2ccccc12)c1cc(NCc2ccncc2)ccn1. The Hall–Kier alpha value is -3.67. The summed E-state index contributed by atoms with van der Waals surface area (Å²) in [4.78, 5) is 23.9. The summed E-state index contributed by atoms with van der Waals surface area (Å²) >= 11 is 0. The fraction of sp³-hybridized carbons (Fsp3) is 0.136. The number of para-hydroxylation sites is 1. The molecule has 0 atom stereocenters. The van der Waals surface area contributed by atoms with E-state index in [1.807, 2.05) is 42.6 Å². The Bertz CT molecular complexity index is 1070. The Morgan fingerprint density at radius 3 is 2.79 bits per heavy atom. The van der Waals surface area contributed by atoms with Gasteiger partial charge in [0.15, 0.2) is 0 Å². The van der Waals surface area contributed by atoms with Crippen molar-refractivity contribution < 1.29 is 4.79 Å². The first-order valence-electron chi connectivity index (χ1n) is 9.21. The number of amides is 1. The summed E-state index contributed by atoms with van der Waals surface area (Å²) in [5.74, 6) is -0.174. The summed E-state index contributed by atoms with van der Waals surface area (Å²) in [5.41, 5.74) is 4.68. The molecule has 0 saturated carbocycles. The van der Waals surface area contributed by atoms with Crippen LogP contribution < -0.4 is 10.6 Å². The number of hydrogen-bond donors (Lipinski definition) is 3. The van der Waals surface area contributed by atoms with Crippen LogP contribution in [0, 0.1) is 0 Å².